The van der Waals surface area contributed by atoms with Crippen molar-refractivity contribution in [3.05, 3.63) is 0 Å². The van der Waals surface area contributed by atoms with E-state index < -0.39 is 23.9 Å². The molecule has 4 N–H and O–H groups in total. The molecule has 4 saturated carbocycles. The molecular formula is C14H21NO4. The van der Waals surface area contributed by atoms with Crippen LogP contribution in [-0.4, -0.2) is 28.2 Å². The summed E-state index contributed by atoms with van der Waals surface area (Å²) in [6.45, 7) is 0. The van der Waals surface area contributed by atoms with E-state index in [1.165, 1.54) is 6.42 Å². The Kier molecular flexibility index (Phi) is 3.04. The third kappa shape index (κ3) is 2.04. The summed E-state index contributed by atoms with van der Waals surface area (Å²) in [7, 11) is 0. The number of nitrogens with two attached hydrogens (primary N) is 1. The van der Waals surface area contributed by atoms with Gasteiger partial charge in [0.05, 0.1) is 5.92 Å². The summed E-state index contributed by atoms with van der Waals surface area (Å²) in [6, 6.07) is -1.28. The molecule has 19 heavy (non-hydrogen) atoms. The van der Waals surface area contributed by atoms with Crippen LogP contribution in [0.2, 0.25) is 0 Å². The Labute approximate surface area is 112 Å². The predicted octanol–water partition coefficient (Wildman–Crippen LogP) is 1.17. The lowest BCUT2D eigenvalue weighted by molar-refractivity contribution is -0.159. The van der Waals surface area contributed by atoms with Crippen molar-refractivity contribution in [3.8, 4) is 0 Å². The first-order valence-corrected chi connectivity index (χ1v) is 7.18. The second kappa shape index (κ2) is 4.47. The average molecular weight is 267 g/mol. The van der Waals surface area contributed by atoms with E-state index >= 15 is 0 Å². The van der Waals surface area contributed by atoms with E-state index in [0.29, 0.717) is 11.8 Å². The Morgan fingerprint density at radius 1 is 0.895 bits per heavy atom. The van der Waals surface area contributed by atoms with Crippen molar-refractivity contribution >= 4 is 11.9 Å². The number of carboxylic acids is 2. The maximum atomic E-state index is 11.5. The largest absolute Gasteiger partial charge is 0.481 e. The maximum absolute atomic E-state index is 11.5. The zero-order chi connectivity index (χ0) is 13.7. The lowest BCUT2D eigenvalue weighted by Crippen LogP contribution is -2.55. The number of rotatable bonds is 4. The average Bonchev–Trinajstić information content (AvgIpc) is 2.31. The summed E-state index contributed by atoms with van der Waals surface area (Å²) < 4.78 is 0. The molecule has 0 aromatic carbocycles. The minimum absolute atomic E-state index is 0.0311. The van der Waals surface area contributed by atoms with Crippen molar-refractivity contribution in [1.29, 1.82) is 0 Å². The molecule has 2 atom stereocenters. The van der Waals surface area contributed by atoms with Gasteiger partial charge in [0.15, 0.2) is 0 Å². The van der Waals surface area contributed by atoms with Crippen LogP contribution in [0.25, 0.3) is 0 Å². The van der Waals surface area contributed by atoms with E-state index in [4.69, 9.17) is 10.8 Å². The molecule has 0 aliphatic heterocycles. The van der Waals surface area contributed by atoms with Gasteiger partial charge >= 0.3 is 11.9 Å². The van der Waals surface area contributed by atoms with Gasteiger partial charge in [0.2, 0.25) is 0 Å². The van der Waals surface area contributed by atoms with Crippen molar-refractivity contribution in [2.24, 2.45) is 41.2 Å². The van der Waals surface area contributed by atoms with Gasteiger partial charge in [0, 0.05) is 0 Å². The highest BCUT2D eigenvalue weighted by molar-refractivity contribution is 5.82. The lowest BCUT2D eigenvalue weighted by atomic mass is 9.49. The zero-order valence-corrected chi connectivity index (χ0v) is 10.9. The van der Waals surface area contributed by atoms with Crippen LogP contribution < -0.4 is 5.73 Å². The monoisotopic (exact) mass is 267 g/mol. The summed E-state index contributed by atoms with van der Waals surface area (Å²) in [4.78, 5) is 22.6. The molecule has 4 bridgehead atoms. The number of hydrogen-bond donors (Lipinski definition) is 3. The third-order valence-electron chi connectivity index (χ3n) is 5.67. The Balaban J connectivity index is 1.86. The molecule has 5 heteroatoms. The van der Waals surface area contributed by atoms with Crippen LogP contribution in [0, 0.1) is 35.5 Å². The van der Waals surface area contributed by atoms with E-state index in [9.17, 15) is 14.7 Å². The van der Waals surface area contributed by atoms with Gasteiger partial charge in [-0.2, -0.15) is 0 Å². The van der Waals surface area contributed by atoms with Crippen molar-refractivity contribution in [1.82, 2.24) is 0 Å². The van der Waals surface area contributed by atoms with Crippen LogP contribution in [-0.2, 0) is 9.59 Å². The fraction of sp³-hybridized carbons (Fsp3) is 0.857. The minimum Gasteiger partial charge on any atom is -0.481 e. The van der Waals surface area contributed by atoms with E-state index in [0.717, 1.165) is 37.5 Å². The Hall–Kier alpha value is -1.10. The predicted molar refractivity (Wildman–Crippen MR) is 67.3 cm³/mol. The Bertz CT molecular complexity index is 380. The van der Waals surface area contributed by atoms with Gasteiger partial charge in [-0.3, -0.25) is 9.59 Å². The first-order chi connectivity index (χ1) is 8.97. The first kappa shape index (κ1) is 12.9. The zero-order valence-electron chi connectivity index (χ0n) is 10.9. The molecule has 4 fully saturated rings. The molecule has 4 rings (SSSR count). The molecular weight excluding hydrogens is 246 g/mol. The molecule has 0 aromatic rings. The van der Waals surface area contributed by atoms with Crippen LogP contribution in [0.15, 0.2) is 0 Å². The second-order valence-electron chi connectivity index (χ2n) is 6.74. The number of carboxylic acid groups (broad SMARTS) is 2. The van der Waals surface area contributed by atoms with Crippen molar-refractivity contribution in [3.63, 3.8) is 0 Å². The maximum Gasteiger partial charge on any atom is 0.321 e. The van der Waals surface area contributed by atoms with Gasteiger partial charge in [-0.1, -0.05) is 0 Å². The summed E-state index contributed by atoms with van der Waals surface area (Å²) in [5, 5.41) is 18.5. The van der Waals surface area contributed by atoms with E-state index in [2.05, 4.69) is 0 Å². The fourth-order valence-electron chi connectivity index (χ4n) is 5.26. The number of hydrogen-bond acceptors (Lipinski definition) is 3. The normalized spacial score (nSPS) is 42.9. The molecule has 0 spiro atoms. The van der Waals surface area contributed by atoms with Crippen LogP contribution >= 0.6 is 0 Å². The van der Waals surface area contributed by atoms with Gasteiger partial charge in [-0.25, -0.2) is 0 Å². The molecule has 0 saturated heterocycles. The third-order valence-corrected chi connectivity index (χ3v) is 5.67. The number of carbonyl (C=O) groups is 2. The lowest BCUT2D eigenvalue weighted by Gasteiger charge is -2.56. The van der Waals surface area contributed by atoms with Gasteiger partial charge in [-0.15, -0.1) is 0 Å². The highest BCUT2D eigenvalue weighted by Crippen LogP contribution is 2.58. The molecule has 5 nitrogen and oxygen atoms in total. The molecule has 4 aliphatic rings. The quantitative estimate of drug-likeness (QED) is 0.710. The van der Waals surface area contributed by atoms with Crippen LogP contribution in [0.1, 0.15) is 32.1 Å². The SMILES string of the molecule is NC(C(=O)O)C(C(=O)O)C1C2CC3CC(C2)CC1C3. The van der Waals surface area contributed by atoms with Gasteiger partial charge in [0.1, 0.15) is 6.04 Å². The fourth-order valence-corrected chi connectivity index (χ4v) is 5.26. The van der Waals surface area contributed by atoms with Crippen LogP contribution in [0.4, 0.5) is 0 Å². The van der Waals surface area contributed by atoms with Crippen LogP contribution in [0.3, 0.4) is 0 Å². The second-order valence-corrected chi connectivity index (χ2v) is 6.74. The molecule has 0 heterocycles. The van der Waals surface area contributed by atoms with Crippen molar-refractivity contribution < 1.29 is 19.8 Å². The Morgan fingerprint density at radius 3 is 1.74 bits per heavy atom. The van der Waals surface area contributed by atoms with Crippen molar-refractivity contribution in [2.45, 2.75) is 38.1 Å². The van der Waals surface area contributed by atoms with Gasteiger partial charge in [0.25, 0.3) is 0 Å². The molecule has 2 unspecified atom stereocenters. The van der Waals surface area contributed by atoms with E-state index in [1.807, 2.05) is 0 Å². The highest BCUT2D eigenvalue weighted by atomic mass is 16.4. The number of aliphatic carboxylic acids is 2. The van der Waals surface area contributed by atoms with Gasteiger partial charge < -0.3 is 15.9 Å². The smallest absolute Gasteiger partial charge is 0.321 e. The summed E-state index contributed by atoms with van der Waals surface area (Å²) >= 11 is 0. The van der Waals surface area contributed by atoms with Gasteiger partial charge in [-0.05, 0) is 61.7 Å². The molecule has 4 aliphatic carbocycles. The van der Waals surface area contributed by atoms with E-state index in [-0.39, 0.29) is 5.92 Å². The summed E-state index contributed by atoms with van der Waals surface area (Å²) in [5.41, 5.74) is 5.66. The van der Waals surface area contributed by atoms with Crippen molar-refractivity contribution in [2.75, 3.05) is 0 Å². The minimum atomic E-state index is -1.28. The van der Waals surface area contributed by atoms with E-state index in [1.54, 1.807) is 0 Å². The topological polar surface area (TPSA) is 101 Å². The Morgan fingerprint density at radius 2 is 1.37 bits per heavy atom. The molecule has 0 radical (unpaired) electrons. The molecule has 0 aromatic heterocycles. The molecule has 106 valence electrons. The van der Waals surface area contributed by atoms with Crippen LogP contribution in [0.5, 0.6) is 0 Å². The standard InChI is InChI=1S/C14H21NO4/c15-12(14(18)19)11(13(16)17)10-8-2-6-1-7(4-8)5-9(10)3-6/h6-12H,1-5,15H2,(H,16,17)(H,18,19). The molecule has 0 amide bonds. The first-order valence-electron chi connectivity index (χ1n) is 7.18. The summed E-state index contributed by atoms with van der Waals surface area (Å²) in [6.07, 6.45) is 5.60. The highest BCUT2D eigenvalue weighted by Gasteiger charge is 2.54. The summed E-state index contributed by atoms with van der Waals surface area (Å²) in [5.74, 6) is -0.938.